The van der Waals surface area contributed by atoms with Gasteiger partial charge in [0.15, 0.2) is 14.6 Å². The third kappa shape index (κ3) is 1.85. The van der Waals surface area contributed by atoms with E-state index in [2.05, 4.69) is 16.5 Å². The summed E-state index contributed by atoms with van der Waals surface area (Å²) in [4.78, 5) is 3.39. The standard InChI is InChI=1S/C13H16N2O2S2/c1-13(7-4-8-13)15-9-5-3-6-10(19(2,16)17)11(9)14-12(15)18/h3,5-6H,4,7-8H2,1-2H3,(H,14,18). The first-order chi connectivity index (χ1) is 8.83. The van der Waals surface area contributed by atoms with Crippen molar-refractivity contribution in [3.8, 4) is 0 Å². The SMILES string of the molecule is CC1(n2c(=S)[nH]c3c(S(C)(=O)=O)cccc32)CCC1. The Hall–Kier alpha value is -1.14. The highest BCUT2D eigenvalue weighted by molar-refractivity contribution is 7.91. The second kappa shape index (κ2) is 3.93. The van der Waals surface area contributed by atoms with Crippen molar-refractivity contribution < 1.29 is 8.42 Å². The molecular formula is C13H16N2O2S2. The molecule has 1 aromatic heterocycles. The van der Waals surface area contributed by atoms with E-state index in [1.807, 2.05) is 6.07 Å². The van der Waals surface area contributed by atoms with Crippen LogP contribution in [0.5, 0.6) is 0 Å². The van der Waals surface area contributed by atoms with Gasteiger partial charge < -0.3 is 9.55 Å². The molecule has 1 aromatic carbocycles. The fourth-order valence-electron chi connectivity index (χ4n) is 2.86. The second-order valence-corrected chi connectivity index (χ2v) is 7.91. The largest absolute Gasteiger partial charge is 0.329 e. The minimum atomic E-state index is -3.26. The summed E-state index contributed by atoms with van der Waals surface area (Å²) in [6, 6.07) is 5.33. The molecule has 1 N–H and O–H groups in total. The number of para-hydroxylation sites is 1. The molecular weight excluding hydrogens is 280 g/mol. The van der Waals surface area contributed by atoms with Crippen molar-refractivity contribution in [3.05, 3.63) is 23.0 Å². The lowest BCUT2D eigenvalue weighted by Crippen LogP contribution is -2.37. The number of rotatable bonds is 2. The van der Waals surface area contributed by atoms with Gasteiger partial charge in [0.2, 0.25) is 0 Å². The lowest BCUT2D eigenvalue weighted by molar-refractivity contribution is 0.172. The van der Waals surface area contributed by atoms with E-state index in [0.29, 0.717) is 15.2 Å². The van der Waals surface area contributed by atoms with Crippen molar-refractivity contribution >= 4 is 33.1 Å². The van der Waals surface area contributed by atoms with Gasteiger partial charge in [-0.3, -0.25) is 0 Å². The number of hydrogen-bond donors (Lipinski definition) is 1. The molecule has 1 heterocycles. The predicted octanol–water partition coefficient (Wildman–Crippen LogP) is 3.00. The number of nitrogens with zero attached hydrogens (tertiary/aromatic N) is 1. The topological polar surface area (TPSA) is 54.9 Å². The Kier molecular flexibility index (Phi) is 2.66. The minimum absolute atomic E-state index is 0.0193. The molecule has 1 aliphatic rings. The average molecular weight is 296 g/mol. The van der Waals surface area contributed by atoms with E-state index < -0.39 is 9.84 Å². The van der Waals surface area contributed by atoms with Crippen molar-refractivity contribution in [1.29, 1.82) is 0 Å². The maximum Gasteiger partial charge on any atom is 0.178 e. The zero-order chi connectivity index (χ0) is 13.8. The smallest absolute Gasteiger partial charge is 0.178 e. The summed E-state index contributed by atoms with van der Waals surface area (Å²) in [6.45, 7) is 2.17. The molecule has 4 nitrogen and oxygen atoms in total. The van der Waals surface area contributed by atoms with Crippen molar-refractivity contribution in [2.75, 3.05) is 6.26 Å². The van der Waals surface area contributed by atoms with Gasteiger partial charge in [-0.1, -0.05) is 6.07 Å². The molecule has 0 aliphatic heterocycles. The Bertz CT molecular complexity index is 811. The van der Waals surface area contributed by atoms with Crippen LogP contribution < -0.4 is 0 Å². The van der Waals surface area contributed by atoms with Crippen molar-refractivity contribution in [1.82, 2.24) is 9.55 Å². The van der Waals surface area contributed by atoms with Crippen LogP contribution in [0.3, 0.4) is 0 Å². The Morgan fingerprint density at radius 1 is 1.37 bits per heavy atom. The molecule has 0 atom stereocenters. The number of sulfone groups is 1. The van der Waals surface area contributed by atoms with Crippen LogP contribution >= 0.6 is 12.2 Å². The summed E-state index contributed by atoms with van der Waals surface area (Å²) in [5.74, 6) is 0. The third-order valence-corrected chi connectivity index (χ3v) is 5.47. The van der Waals surface area contributed by atoms with Crippen LogP contribution in [0.2, 0.25) is 0 Å². The number of hydrogen-bond acceptors (Lipinski definition) is 3. The summed E-state index contributed by atoms with van der Waals surface area (Å²) >= 11 is 5.40. The highest BCUT2D eigenvalue weighted by Crippen LogP contribution is 2.41. The molecule has 1 aliphatic carbocycles. The van der Waals surface area contributed by atoms with E-state index >= 15 is 0 Å². The Morgan fingerprint density at radius 2 is 2.05 bits per heavy atom. The van der Waals surface area contributed by atoms with E-state index in [-0.39, 0.29) is 5.54 Å². The molecule has 2 aromatic rings. The molecule has 0 saturated heterocycles. The van der Waals surface area contributed by atoms with E-state index in [1.54, 1.807) is 12.1 Å². The zero-order valence-corrected chi connectivity index (χ0v) is 12.6. The molecule has 0 bridgehead atoms. The number of nitrogens with one attached hydrogen (secondary N) is 1. The summed E-state index contributed by atoms with van der Waals surface area (Å²) in [5.41, 5.74) is 1.53. The molecule has 0 amide bonds. The van der Waals surface area contributed by atoms with Crippen LogP contribution in [-0.4, -0.2) is 24.2 Å². The normalized spacial score (nSPS) is 18.4. The quantitative estimate of drug-likeness (QED) is 0.867. The predicted molar refractivity (Wildman–Crippen MR) is 77.7 cm³/mol. The van der Waals surface area contributed by atoms with Crippen molar-refractivity contribution in [2.24, 2.45) is 0 Å². The van der Waals surface area contributed by atoms with Crippen LogP contribution in [0.25, 0.3) is 11.0 Å². The maximum absolute atomic E-state index is 11.8. The Balaban J connectivity index is 2.39. The van der Waals surface area contributed by atoms with Crippen LogP contribution in [0.1, 0.15) is 26.2 Å². The van der Waals surface area contributed by atoms with Crippen molar-refractivity contribution in [2.45, 2.75) is 36.6 Å². The fraction of sp³-hybridized carbons (Fsp3) is 0.462. The first kappa shape index (κ1) is 12.9. The molecule has 102 valence electrons. The van der Waals surface area contributed by atoms with E-state index in [1.165, 1.54) is 12.7 Å². The van der Waals surface area contributed by atoms with Crippen LogP contribution in [0.15, 0.2) is 23.1 Å². The first-order valence-corrected chi connectivity index (χ1v) is 8.57. The Labute approximate surface area is 117 Å². The third-order valence-electron chi connectivity index (χ3n) is 4.05. The van der Waals surface area contributed by atoms with Crippen molar-refractivity contribution in [3.63, 3.8) is 0 Å². The summed E-state index contributed by atoms with van der Waals surface area (Å²) in [6.07, 6.45) is 4.58. The monoisotopic (exact) mass is 296 g/mol. The Morgan fingerprint density at radius 3 is 2.58 bits per heavy atom. The van der Waals surface area contributed by atoms with E-state index in [4.69, 9.17) is 12.2 Å². The van der Waals surface area contributed by atoms with Crippen LogP contribution in [0.4, 0.5) is 0 Å². The summed E-state index contributed by atoms with van der Waals surface area (Å²) in [5, 5.41) is 0. The number of aromatic amines is 1. The molecule has 0 radical (unpaired) electrons. The zero-order valence-electron chi connectivity index (χ0n) is 10.9. The fourth-order valence-corrected chi connectivity index (χ4v) is 4.13. The first-order valence-electron chi connectivity index (χ1n) is 6.27. The van der Waals surface area contributed by atoms with Crippen LogP contribution in [-0.2, 0) is 15.4 Å². The number of imidazole rings is 1. The van der Waals surface area contributed by atoms with Gasteiger partial charge in [0.25, 0.3) is 0 Å². The van der Waals surface area contributed by atoms with Gasteiger partial charge in [0.1, 0.15) is 0 Å². The average Bonchev–Trinajstić information content (AvgIpc) is 2.60. The molecule has 19 heavy (non-hydrogen) atoms. The highest BCUT2D eigenvalue weighted by atomic mass is 32.2. The van der Waals surface area contributed by atoms with Gasteiger partial charge >= 0.3 is 0 Å². The number of aromatic nitrogens is 2. The lowest BCUT2D eigenvalue weighted by atomic mass is 9.78. The molecule has 0 unspecified atom stereocenters. The molecule has 1 fully saturated rings. The second-order valence-electron chi connectivity index (χ2n) is 5.54. The van der Waals surface area contributed by atoms with E-state index in [0.717, 1.165) is 18.4 Å². The van der Waals surface area contributed by atoms with Crippen LogP contribution in [0, 0.1) is 4.77 Å². The molecule has 0 spiro atoms. The number of fused-ring (bicyclic) bond motifs is 1. The summed E-state index contributed by atoms with van der Waals surface area (Å²) < 4.78 is 26.4. The summed E-state index contributed by atoms with van der Waals surface area (Å²) in [7, 11) is -3.26. The lowest BCUT2D eigenvalue weighted by Gasteiger charge is -2.40. The van der Waals surface area contributed by atoms with Gasteiger partial charge in [-0.15, -0.1) is 0 Å². The molecule has 3 rings (SSSR count). The molecule has 1 saturated carbocycles. The highest BCUT2D eigenvalue weighted by Gasteiger charge is 2.35. The molecule has 6 heteroatoms. The van der Waals surface area contributed by atoms with Gasteiger partial charge in [-0.05, 0) is 50.5 Å². The van der Waals surface area contributed by atoms with Gasteiger partial charge in [-0.2, -0.15) is 0 Å². The van der Waals surface area contributed by atoms with Gasteiger partial charge in [0, 0.05) is 11.8 Å². The van der Waals surface area contributed by atoms with Gasteiger partial charge in [0.05, 0.1) is 15.9 Å². The minimum Gasteiger partial charge on any atom is -0.329 e. The maximum atomic E-state index is 11.8. The van der Waals surface area contributed by atoms with E-state index in [9.17, 15) is 8.42 Å². The number of benzene rings is 1. The number of H-pyrrole nitrogens is 1. The van der Waals surface area contributed by atoms with Gasteiger partial charge in [-0.25, -0.2) is 8.42 Å².